The lowest BCUT2D eigenvalue weighted by Crippen LogP contribution is -2.19. The topological polar surface area (TPSA) is 151 Å². The molecule has 0 bridgehead atoms. The summed E-state index contributed by atoms with van der Waals surface area (Å²) in [5.41, 5.74) is 0.801. The Morgan fingerprint density at radius 3 is 1.97 bits per heavy atom. The van der Waals surface area contributed by atoms with Gasteiger partial charge in [0, 0.05) is 29.6 Å². The van der Waals surface area contributed by atoms with Crippen LogP contribution in [0.2, 0.25) is 0 Å². The van der Waals surface area contributed by atoms with Crippen molar-refractivity contribution in [3.63, 3.8) is 0 Å². The molecular formula is C19H16N4O6S. The fourth-order valence-electron chi connectivity index (χ4n) is 2.46. The molecule has 0 aliphatic carbocycles. The summed E-state index contributed by atoms with van der Waals surface area (Å²) in [6, 6.07) is 15.8. The number of nitrogens with zero attached hydrogens (tertiary/aromatic N) is 1. The van der Waals surface area contributed by atoms with Crippen molar-refractivity contribution in [3.8, 4) is 5.75 Å². The van der Waals surface area contributed by atoms with E-state index in [9.17, 15) is 28.4 Å². The predicted octanol–water partition coefficient (Wildman–Crippen LogP) is 3.75. The van der Waals surface area contributed by atoms with Gasteiger partial charge in [-0.15, -0.1) is 0 Å². The highest BCUT2D eigenvalue weighted by atomic mass is 32.2. The third kappa shape index (κ3) is 5.23. The Morgan fingerprint density at radius 1 is 0.867 bits per heavy atom. The van der Waals surface area contributed by atoms with Crippen LogP contribution in [0.1, 0.15) is 0 Å². The third-order valence-electron chi connectivity index (χ3n) is 3.86. The highest BCUT2D eigenvalue weighted by Crippen LogP contribution is 2.21. The molecule has 0 fully saturated rings. The number of benzene rings is 3. The molecule has 11 heteroatoms. The van der Waals surface area contributed by atoms with Crippen molar-refractivity contribution < 1.29 is 23.2 Å². The van der Waals surface area contributed by atoms with Crippen LogP contribution in [0.5, 0.6) is 5.75 Å². The van der Waals surface area contributed by atoms with E-state index in [2.05, 4.69) is 15.4 Å². The Labute approximate surface area is 171 Å². The largest absolute Gasteiger partial charge is 0.508 e. The number of amides is 2. The molecule has 0 radical (unpaired) electrons. The van der Waals surface area contributed by atoms with Crippen molar-refractivity contribution in [2.45, 2.75) is 4.90 Å². The number of sulfonamides is 1. The molecule has 0 saturated heterocycles. The SMILES string of the molecule is O=C(Nc1ccc([N+](=O)[O-])cc1)Nc1ccc(S(=O)(=O)Nc2cccc(O)c2)cc1. The maximum Gasteiger partial charge on any atom is 0.323 e. The maximum atomic E-state index is 12.4. The molecular weight excluding hydrogens is 412 g/mol. The van der Waals surface area contributed by atoms with E-state index in [0.29, 0.717) is 11.4 Å². The number of nitro benzene ring substituents is 1. The minimum absolute atomic E-state index is 0.0350. The molecule has 0 aliphatic rings. The number of non-ortho nitro benzene ring substituents is 1. The summed E-state index contributed by atoms with van der Waals surface area (Å²) in [4.78, 5) is 22.1. The van der Waals surface area contributed by atoms with Gasteiger partial charge in [0.25, 0.3) is 15.7 Å². The van der Waals surface area contributed by atoms with Gasteiger partial charge in [0.15, 0.2) is 0 Å². The minimum Gasteiger partial charge on any atom is -0.508 e. The number of hydrogen-bond donors (Lipinski definition) is 4. The molecule has 3 rings (SSSR count). The Balaban J connectivity index is 1.63. The number of rotatable bonds is 6. The normalized spacial score (nSPS) is 10.8. The second-order valence-corrected chi connectivity index (χ2v) is 7.75. The number of urea groups is 1. The molecule has 10 nitrogen and oxygen atoms in total. The molecule has 3 aromatic carbocycles. The number of nitro groups is 1. The number of phenols is 1. The zero-order chi connectivity index (χ0) is 21.7. The summed E-state index contributed by atoms with van der Waals surface area (Å²) in [7, 11) is -3.88. The Bertz CT molecular complexity index is 1180. The van der Waals surface area contributed by atoms with Gasteiger partial charge in [0.05, 0.1) is 15.5 Å². The molecule has 0 atom stereocenters. The van der Waals surface area contributed by atoms with Crippen LogP contribution in [0, 0.1) is 10.1 Å². The van der Waals surface area contributed by atoms with Crippen molar-refractivity contribution in [1.29, 1.82) is 0 Å². The maximum absolute atomic E-state index is 12.4. The van der Waals surface area contributed by atoms with Crippen LogP contribution in [0.15, 0.2) is 77.7 Å². The number of hydrogen-bond acceptors (Lipinski definition) is 6. The number of phenolic OH excluding ortho intramolecular Hbond substituents is 1. The molecule has 4 N–H and O–H groups in total. The first kappa shape index (κ1) is 20.6. The highest BCUT2D eigenvalue weighted by Gasteiger charge is 2.15. The second kappa shape index (κ2) is 8.49. The molecule has 0 aliphatic heterocycles. The summed E-state index contributed by atoms with van der Waals surface area (Å²) in [5.74, 6) is -0.0752. The molecule has 0 unspecified atom stereocenters. The molecule has 2 amide bonds. The van der Waals surface area contributed by atoms with Crippen LogP contribution in [-0.4, -0.2) is 24.5 Å². The van der Waals surface area contributed by atoms with Gasteiger partial charge in [-0.3, -0.25) is 14.8 Å². The van der Waals surface area contributed by atoms with Crippen molar-refractivity contribution >= 4 is 38.8 Å². The van der Waals surface area contributed by atoms with E-state index in [1.165, 1.54) is 72.8 Å². The Morgan fingerprint density at radius 2 is 1.43 bits per heavy atom. The van der Waals surface area contributed by atoms with Crippen LogP contribution in [0.25, 0.3) is 0 Å². The molecule has 30 heavy (non-hydrogen) atoms. The fraction of sp³-hybridized carbons (Fsp3) is 0. The second-order valence-electron chi connectivity index (χ2n) is 6.06. The predicted molar refractivity (Wildman–Crippen MR) is 111 cm³/mol. The van der Waals surface area contributed by atoms with Crippen LogP contribution < -0.4 is 15.4 Å². The number of aromatic hydroxyl groups is 1. The Kier molecular flexibility index (Phi) is 5.83. The van der Waals surface area contributed by atoms with Crippen molar-refractivity contribution in [3.05, 3.63) is 82.9 Å². The molecule has 154 valence electrons. The average Bonchev–Trinajstić information content (AvgIpc) is 2.68. The van der Waals surface area contributed by atoms with E-state index in [1.807, 2.05) is 0 Å². The van der Waals surface area contributed by atoms with Gasteiger partial charge in [-0.25, -0.2) is 13.2 Å². The standard InChI is InChI=1S/C19H16N4O6S/c24-17-3-1-2-15(12-17)22-30(28,29)18-10-6-14(7-11-18)21-19(25)20-13-4-8-16(9-5-13)23(26)27/h1-12,22,24H,(H2,20,21,25). The number of carbonyl (C=O) groups is 1. The van der Waals surface area contributed by atoms with Gasteiger partial charge < -0.3 is 15.7 Å². The van der Waals surface area contributed by atoms with Crippen molar-refractivity contribution in [2.24, 2.45) is 0 Å². The molecule has 0 heterocycles. The monoisotopic (exact) mass is 428 g/mol. The van der Waals surface area contributed by atoms with Gasteiger partial charge in [0.1, 0.15) is 5.75 Å². The summed E-state index contributed by atoms with van der Waals surface area (Å²) >= 11 is 0. The van der Waals surface area contributed by atoms with Crippen LogP contribution in [-0.2, 0) is 10.0 Å². The van der Waals surface area contributed by atoms with Gasteiger partial charge in [-0.2, -0.15) is 0 Å². The smallest absolute Gasteiger partial charge is 0.323 e. The van der Waals surface area contributed by atoms with Gasteiger partial charge in [-0.05, 0) is 48.5 Å². The van der Waals surface area contributed by atoms with Gasteiger partial charge in [-0.1, -0.05) is 6.07 Å². The quantitative estimate of drug-likeness (QED) is 0.347. The van der Waals surface area contributed by atoms with E-state index < -0.39 is 21.0 Å². The lowest BCUT2D eigenvalue weighted by molar-refractivity contribution is -0.384. The van der Waals surface area contributed by atoms with E-state index >= 15 is 0 Å². The van der Waals surface area contributed by atoms with Gasteiger partial charge in [0.2, 0.25) is 0 Å². The summed E-state index contributed by atoms with van der Waals surface area (Å²) in [5, 5.41) is 25.1. The molecule has 3 aromatic rings. The fourth-order valence-corrected chi connectivity index (χ4v) is 3.51. The number of anilines is 3. The first-order valence-electron chi connectivity index (χ1n) is 8.47. The zero-order valence-corrected chi connectivity index (χ0v) is 16.1. The Hall–Kier alpha value is -4.12. The number of carbonyl (C=O) groups excluding carboxylic acids is 1. The zero-order valence-electron chi connectivity index (χ0n) is 15.3. The molecule has 0 spiro atoms. The molecule has 0 aromatic heterocycles. The van der Waals surface area contributed by atoms with Crippen LogP contribution >= 0.6 is 0 Å². The van der Waals surface area contributed by atoms with E-state index in [1.54, 1.807) is 0 Å². The van der Waals surface area contributed by atoms with E-state index in [-0.39, 0.29) is 22.0 Å². The third-order valence-corrected chi connectivity index (χ3v) is 5.25. The van der Waals surface area contributed by atoms with Crippen molar-refractivity contribution in [2.75, 3.05) is 15.4 Å². The van der Waals surface area contributed by atoms with Crippen LogP contribution in [0.4, 0.5) is 27.5 Å². The number of nitrogens with one attached hydrogen (secondary N) is 3. The van der Waals surface area contributed by atoms with Crippen LogP contribution in [0.3, 0.4) is 0 Å². The summed E-state index contributed by atoms with van der Waals surface area (Å²) < 4.78 is 27.2. The molecule has 0 saturated carbocycles. The van der Waals surface area contributed by atoms with E-state index in [0.717, 1.165) is 0 Å². The van der Waals surface area contributed by atoms with Crippen molar-refractivity contribution in [1.82, 2.24) is 0 Å². The summed E-state index contributed by atoms with van der Waals surface area (Å²) in [6.07, 6.45) is 0. The summed E-state index contributed by atoms with van der Waals surface area (Å²) in [6.45, 7) is 0. The average molecular weight is 428 g/mol. The first-order valence-corrected chi connectivity index (χ1v) is 9.96. The lowest BCUT2D eigenvalue weighted by atomic mass is 10.3. The highest BCUT2D eigenvalue weighted by molar-refractivity contribution is 7.92. The minimum atomic E-state index is -3.88. The first-order chi connectivity index (χ1) is 14.2. The lowest BCUT2D eigenvalue weighted by Gasteiger charge is -2.10. The van der Waals surface area contributed by atoms with Gasteiger partial charge >= 0.3 is 6.03 Å². The van der Waals surface area contributed by atoms with E-state index in [4.69, 9.17) is 0 Å².